The van der Waals surface area contributed by atoms with E-state index in [1.807, 2.05) is 42.5 Å². The van der Waals surface area contributed by atoms with Gasteiger partial charge in [-0.1, -0.05) is 60.7 Å². The highest BCUT2D eigenvalue weighted by molar-refractivity contribution is 7.89. The van der Waals surface area contributed by atoms with E-state index in [-0.39, 0.29) is 10.8 Å². The topological polar surface area (TPSA) is 79.0 Å². The molecule has 1 fully saturated rings. The number of hydrogen-bond donors (Lipinski definition) is 1. The van der Waals surface area contributed by atoms with Gasteiger partial charge in [0.2, 0.25) is 15.9 Å². The SMILES string of the molecule is O=C(Nc1cccc(S(=O)(=O)N2CCOCC2)c1)[C@@H](c1ccccc1)N1CCc2ccccc2C1. The summed E-state index contributed by atoms with van der Waals surface area (Å²) in [6, 6.07) is 24.1. The Morgan fingerprint density at radius 1 is 0.857 bits per heavy atom. The van der Waals surface area contributed by atoms with Crippen molar-refractivity contribution in [2.75, 3.05) is 38.2 Å². The fraction of sp³-hybridized carbons (Fsp3) is 0.296. The van der Waals surface area contributed by atoms with Crippen molar-refractivity contribution in [2.45, 2.75) is 23.9 Å². The molecule has 35 heavy (non-hydrogen) atoms. The van der Waals surface area contributed by atoms with Crippen LogP contribution in [-0.2, 0) is 32.5 Å². The number of hydrogen-bond acceptors (Lipinski definition) is 5. The monoisotopic (exact) mass is 491 g/mol. The minimum Gasteiger partial charge on any atom is -0.379 e. The summed E-state index contributed by atoms with van der Waals surface area (Å²) in [6.07, 6.45) is 0.875. The zero-order valence-corrected chi connectivity index (χ0v) is 20.3. The number of nitrogens with zero attached hydrogens (tertiary/aromatic N) is 2. The average molecular weight is 492 g/mol. The van der Waals surface area contributed by atoms with Crippen molar-refractivity contribution >= 4 is 21.6 Å². The summed E-state index contributed by atoms with van der Waals surface area (Å²) in [6.45, 7) is 2.85. The maximum atomic E-state index is 13.7. The van der Waals surface area contributed by atoms with Gasteiger partial charge in [0.15, 0.2) is 0 Å². The van der Waals surface area contributed by atoms with E-state index in [0.29, 0.717) is 38.5 Å². The molecule has 8 heteroatoms. The number of nitrogens with one attached hydrogen (secondary N) is 1. The van der Waals surface area contributed by atoms with E-state index in [0.717, 1.165) is 18.5 Å². The van der Waals surface area contributed by atoms with Crippen LogP contribution in [0.5, 0.6) is 0 Å². The maximum absolute atomic E-state index is 13.7. The van der Waals surface area contributed by atoms with Gasteiger partial charge in [0.05, 0.1) is 18.1 Å². The molecule has 0 saturated carbocycles. The van der Waals surface area contributed by atoms with Crippen molar-refractivity contribution in [3.05, 3.63) is 95.6 Å². The first-order valence-electron chi connectivity index (χ1n) is 11.9. The molecular formula is C27H29N3O4S. The summed E-state index contributed by atoms with van der Waals surface area (Å²) >= 11 is 0. The number of anilines is 1. The van der Waals surface area contributed by atoms with Gasteiger partial charge in [-0.3, -0.25) is 9.69 Å². The molecule has 2 heterocycles. The third kappa shape index (κ3) is 5.16. The number of rotatable bonds is 6. The molecule has 5 rings (SSSR count). The zero-order chi connectivity index (χ0) is 24.3. The minimum absolute atomic E-state index is 0.167. The quantitative estimate of drug-likeness (QED) is 0.572. The molecule has 0 radical (unpaired) electrons. The summed E-state index contributed by atoms with van der Waals surface area (Å²) in [5, 5.41) is 2.99. The van der Waals surface area contributed by atoms with Crippen LogP contribution in [0.15, 0.2) is 83.8 Å². The Morgan fingerprint density at radius 3 is 2.34 bits per heavy atom. The predicted octanol–water partition coefficient (Wildman–Crippen LogP) is 3.45. The smallest absolute Gasteiger partial charge is 0.246 e. The van der Waals surface area contributed by atoms with Crippen LogP contribution in [0.25, 0.3) is 0 Å². The second-order valence-corrected chi connectivity index (χ2v) is 10.8. The fourth-order valence-electron chi connectivity index (χ4n) is 4.78. The molecule has 0 unspecified atom stereocenters. The molecule has 0 aliphatic carbocycles. The molecule has 7 nitrogen and oxygen atoms in total. The van der Waals surface area contributed by atoms with E-state index in [4.69, 9.17) is 4.74 Å². The minimum atomic E-state index is -3.66. The Labute approximate surface area is 206 Å². The first-order chi connectivity index (χ1) is 17.0. The molecule has 1 atom stereocenters. The van der Waals surface area contributed by atoms with Crippen molar-refractivity contribution < 1.29 is 17.9 Å². The standard InChI is InChI=1S/C27H29N3O4S/c31-27(28-24-11-6-12-25(19-24)35(32,33)30-15-17-34-18-16-30)26(22-8-2-1-3-9-22)29-14-13-21-7-4-5-10-23(21)20-29/h1-12,19,26H,13-18,20H2,(H,28,31)/t26-/m1/s1. The second kappa shape index (κ2) is 10.3. The number of carbonyl (C=O) groups excluding carboxylic acids is 1. The molecule has 0 spiro atoms. The molecule has 1 saturated heterocycles. The number of morpholine rings is 1. The largest absolute Gasteiger partial charge is 0.379 e. The summed E-state index contributed by atoms with van der Waals surface area (Å²) in [7, 11) is -3.66. The molecule has 1 amide bonds. The van der Waals surface area contributed by atoms with Gasteiger partial charge in [-0.05, 0) is 41.3 Å². The van der Waals surface area contributed by atoms with E-state index in [2.05, 4.69) is 22.3 Å². The lowest BCUT2D eigenvalue weighted by Crippen LogP contribution is -2.41. The Bertz CT molecular complexity index is 1290. The van der Waals surface area contributed by atoms with Crippen LogP contribution >= 0.6 is 0 Å². The molecule has 3 aromatic carbocycles. The molecule has 1 N–H and O–H groups in total. The van der Waals surface area contributed by atoms with Crippen LogP contribution in [0, 0.1) is 0 Å². The summed E-state index contributed by atoms with van der Waals surface area (Å²) < 4.78 is 32.9. The zero-order valence-electron chi connectivity index (χ0n) is 19.5. The summed E-state index contributed by atoms with van der Waals surface area (Å²) in [5.74, 6) is -0.184. The third-order valence-corrected chi connectivity index (χ3v) is 8.49. The number of benzene rings is 3. The molecule has 2 aliphatic heterocycles. The van der Waals surface area contributed by atoms with Crippen molar-refractivity contribution in [1.82, 2.24) is 9.21 Å². The van der Waals surface area contributed by atoms with Crippen molar-refractivity contribution in [3.8, 4) is 0 Å². The molecule has 2 aliphatic rings. The van der Waals surface area contributed by atoms with Gasteiger partial charge in [-0.25, -0.2) is 8.42 Å². The number of sulfonamides is 1. The maximum Gasteiger partial charge on any atom is 0.246 e. The van der Waals surface area contributed by atoms with Crippen molar-refractivity contribution in [1.29, 1.82) is 0 Å². The van der Waals surface area contributed by atoms with Gasteiger partial charge < -0.3 is 10.1 Å². The Balaban J connectivity index is 1.40. The van der Waals surface area contributed by atoms with E-state index in [9.17, 15) is 13.2 Å². The lowest BCUT2D eigenvalue weighted by atomic mass is 9.96. The van der Waals surface area contributed by atoms with Crippen LogP contribution in [-0.4, -0.2) is 56.4 Å². The lowest BCUT2D eigenvalue weighted by molar-refractivity contribution is -0.122. The molecule has 0 bridgehead atoms. The predicted molar refractivity (Wildman–Crippen MR) is 134 cm³/mol. The Kier molecular flexibility index (Phi) is 6.97. The summed E-state index contributed by atoms with van der Waals surface area (Å²) in [4.78, 5) is 16.0. The molecule has 182 valence electrons. The first-order valence-corrected chi connectivity index (χ1v) is 13.3. The van der Waals surface area contributed by atoms with Gasteiger partial charge in [0.25, 0.3) is 0 Å². The Hall–Kier alpha value is -3.04. The first kappa shape index (κ1) is 23.7. The van der Waals surface area contributed by atoms with E-state index < -0.39 is 16.1 Å². The van der Waals surface area contributed by atoms with Crippen molar-refractivity contribution in [2.24, 2.45) is 0 Å². The Morgan fingerprint density at radius 2 is 1.57 bits per heavy atom. The number of ether oxygens (including phenoxy) is 1. The highest BCUT2D eigenvalue weighted by atomic mass is 32.2. The number of amides is 1. The van der Waals surface area contributed by atoms with Crippen LogP contribution in [0.1, 0.15) is 22.7 Å². The fourth-order valence-corrected chi connectivity index (χ4v) is 6.24. The number of carbonyl (C=O) groups is 1. The van der Waals surface area contributed by atoms with Gasteiger partial charge >= 0.3 is 0 Å². The highest BCUT2D eigenvalue weighted by Gasteiger charge is 2.31. The van der Waals surface area contributed by atoms with E-state index in [1.54, 1.807) is 18.2 Å². The van der Waals surface area contributed by atoms with E-state index in [1.165, 1.54) is 21.5 Å². The van der Waals surface area contributed by atoms with E-state index >= 15 is 0 Å². The second-order valence-electron chi connectivity index (χ2n) is 8.84. The lowest BCUT2D eigenvalue weighted by Gasteiger charge is -2.35. The van der Waals surface area contributed by atoms with Gasteiger partial charge in [0.1, 0.15) is 6.04 Å². The van der Waals surface area contributed by atoms with Gasteiger partial charge in [-0.2, -0.15) is 4.31 Å². The summed E-state index contributed by atoms with van der Waals surface area (Å²) in [5.41, 5.74) is 3.91. The van der Waals surface area contributed by atoms with Crippen molar-refractivity contribution in [3.63, 3.8) is 0 Å². The van der Waals surface area contributed by atoms with Gasteiger partial charge in [-0.15, -0.1) is 0 Å². The molecule has 0 aromatic heterocycles. The van der Waals surface area contributed by atoms with Crippen LogP contribution in [0.2, 0.25) is 0 Å². The number of fused-ring (bicyclic) bond motifs is 1. The van der Waals surface area contributed by atoms with Crippen LogP contribution < -0.4 is 5.32 Å². The normalized spacial score (nSPS) is 17.9. The highest BCUT2D eigenvalue weighted by Crippen LogP contribution is 2.30. The molecule has 3 aromatic rings. The van der Waals surface area contributed by atoms with Crippen LogP contribution in [0.4, 0.5) is 5.69 Å². The van der Waals surface area contributed by atoms with Crippen LogP contribution in [0.3, 0.4) is 0 Å². The van der Waals surface area contributed by atoms with Gasteiger partial charge in [0, 0.05) is 31.9 Å². The molecular weight excluding hydrogens is 462 g/mol. The average Bonchev–Trinajstić information content (AvgIpc) is 2.90. The third-order valence-electron chi connectivity index (χ3n) is 6.60.